The number of rotatable bonds is 4. The van der Waals surface area contributed by atoms with E-state index in [-0.39, 0.29) is 18.0 Å². The van der Waals surface area contributed by atoms with Crippen molar-refractivity contribution in [2.45, 2.75) is 52.2 Å². The molecule has 1 fully saturated rings. The normalized spacial score (nSPS) is 19.0. The van der Waals surface area contributed by atoms with Gasteiger partial charge in [0.05, 0.1) is 7.11 Å². The molecule has 1 aliphatic rings. The Morgan fingerprint density at radius 2 is 1.73 bits per heavy atom. The molecule has 2 rings (SSSR count). The van der Waals surface area contributed by atoms with Crippen molar-refractivity contribution in [3.05, 3.63) is 29.8 Å². The molecule has 5 nitrogen and oxygen atoms in total. The fourth-order valence-electron chi connectivity index (χ4n) is 2.76. The first kappa shape index (κ1) is 16.3. The van der Waals surface area contributed by atoms with Crippen molar-refractivity contribution in [3.63, 3.8) is 0 Å². The summed E-state index contributed by atoms with van der Waals surface area (Å²) in [7, 11) is 1.62. The first-order valence-corrected chi connectivity index (χ1v) is 7.57. The number of urea groups is 1. The second kappa shape index (κ2) is 5.99. The van der Waals surface area contributed by atoms with Crippen molar-refractivity contribution in [3.8, 4) is 5.75 Å². The van der Waals surface area contributed by atoms with Gasteiger partial charge >= 0.3 is 6.03 Å². The van der Waals surface area contributed by atoms with E-state index in [0.29, 0.717) is 13.0 Å². The topological polar surface area (TPSA) is 49.9 Å². The van der Waals surface area contributed by atoms with Crippen LogP contribution in [0.1, 0.15) is 39.7 Å². The monoisotopic (exact) mass is 304 g/mol. The van der Waals surface area contributed by atoms with Gasteiger partial charge in [-0.3, -0.25) is 9.69 Å². The zero-order chi connectivity index (χ0) is 16.5. The SMILES string of the molecule is CCC1C(=O)N(C(C)(C)C)C(=O)N1Cc1ccc(OC)cc1. The summed E-state index contributed by atoms with van der Waals surface area (Å²) < 4.78 is 5.14. The fraction of sp³-hybridized carbons (Fsp3) is 0.529. The average molecular weight is 304 g/mol. The second-order valence-corrected chi connectivity index (χ2v) is 6.53. The number of imide groups is 1. The summed E-state index contributed by atoms with van der Waals surface area (Å²) in [4.78, 5) is 28.2. The molecule has 0 radical (unpaired) electrons. The molecule has 1 unspecified atom stereocenters. The number of ether oxygens (including phenoxy) is 1. The van der Waals surface area contributed by atoms with Crippen molar-refractivity contribution < 1.29 is 14.3 Å². The van der Waals surface area contributed by atoms with Gasteiger partial charge < -0.3 is 9.64 Å². The van der Waals surface area contributed by atoms with Crippen molar-refractivity contribution in [1.29, 1.82) is 0 Å². The summed E-state index contributed by atoms with van der Waals surface area (Å²) in [5.74, 6) is 0.671. The van der Waals surface area contributed by atoms with Crippen molar-refractivity contribution in [2.24, 2.45) is 0 Å². The molecule has 0 aliphatic carbocycles. The molecule has 120 valence electrons. The lowest BCUT2D eigenvalue weighted by molar-refractivity contribution is -0.131. The smallest absolute Gasteiger partial charge is 0.328 e. The average Bonchev–Trinajstić information content (AvgIpc) is 2.70. The number of nitrogens with zero attached hydrogens (tertiary/aromatic N) is 2. The predicted molar refractivity (Wildman–Crippen MR) is 84.6 cm³/mol. The van der Waals surface area contributed by atoms with Crippen LogP contribution in [0.3, 0.4) is 0 Å². The van der Waals surface area contributed by atoms with Crippen molar-refractivity contribution in [2.75, 3.05) is 7.11 Å². The molecule has 0 aromatic heterocycles. The van der Waals surface area contributed by atoms with E-state index in [1.165, 1.54) is 4.90 Å². The summed E-state index contributed by atoms with van der Waals surface area (Å²) in [6.45, 7) is 8.01. The zero-order valence-electron chi connectivity index (χ0n) is 13.9. The minimum absolute atomic E-state index is 0.103. The van der Waals surface area contributed by atoms with E-state index in [1.807, 2.05) is 52.0 Å². The van der Waals surface area contributed by atoms with Gasteiger partial charge in [0, 0.05) is 12.1 Å². The van der Waals surface area contributed by atoms with Gasteiger partial charge in [0.25, 0.3) is 5.91 Å². The van der Waals surface area contributed by atoms with Crippen LogP contribution in [0.15, 0.2) is 24.3 Å². The molecule has 1 saturated heterocycles. The third-order valence-electron chi connectivity index (χ3n) is 3.89. The Kier molecular flexibility index (Phi) is 4.44. The number of carbonyl (C=O) groups excluding carboxylic acids is 2. The van der Waals surface area contributed by atoms with Crippen molar-refractivity contribution in [1.82, 2.24) is 9.80 Å². The molecule has 1 aromatic rings. The van der Waals surface area contributed by atoms with Gasteiger partial charge in [-0.15, -0.1) is 0 Å². The van der Waals surface area contributed by atoms with Gasteiger partial charge in [0.15, 0.2) is 0 Å². The number of amides is 3. The Morgan fingerprint density at radius 1 is 1.14 bits per heavy atom. The largest absolute Gasteiger partial charge is 0.497 e. The summed E-state index contributed by atoms with van der Waals surface area (Å²) in [5, 5.41) is 0. The number of carbonyl (C=O) groups is 2. The van der Waals surface area contributed by atoms with Crippen LogP contribution in [0.2, 0.25) is 0 Å². The molecule has 1 atom stereocenters. The molecule has 0 bridgehead atoms. The van der Waals surface area contributed by atoms with Gasteiger partial charge in [-0.05, 0) is 44.9 Å². The third kappa shape index (κ3) is 2.93. The maximum atomic E-state index is 12.7. The molecule has 0 spiro atoms. The summed E-state index contributed by atoms with van der Waals surface area (Å²) in [5.41, 5.74) is 0.479. The highest BCUT2D eigenvalue weighted by Crippen LogP contribution is 2.29. The highest BCUT2D eigenvalue weighted by Gasteiger charge is 2.48. The Bertz CT molecular complexity index is 560. The molecule has 1 heterocycles. The fourth-order valence-corrected chi connectivity index (χ4v) is 2.76. The molecule has 0 N–H and O–H groups in total. The number of methoxy groups -OCH3 is 1. The number of hydrogen-bond donors (Lipinski definition) is 0. The first-order chi connectivity index (χ1) is 10.3. The lowest BCUT2D eigenvalue weighted by atomic mass is 10.1. The van der Waals surface area contributed by atoms with Crippen molar-refractivity contribution >= 4 is 11.9 Å². The van der Waals surface area contributed by atoms with Crippen LogP contribution in [-0.2, 0) is 11.3 Å². The maximum absolute atomic E-state index is 12.7. The van der Waals surface area contributed by atoms with Gasteiger partial charge in [0.1, 0.15) is 11.8 Å². The Labute approximate surface area is 131 Å². The van der Waals surface area contributed by atoms with E-state index in [4.69, 9.17) is 4.74 Å². The quantitative estimate of drug-likeness (QED) is 0.803. The first-order valence-electron chi connectivity index (χ1n) is 7.57. The molecule has 3 amide bonds. The molecular weight excluding hydrogens is 280 g/mol. The minimum atomic E-state index is -0.504. The standard InChI is InChI=1S/C17H24N2O3/c1-6-14-15(20)19(17(2,3)4)16(21)18(14)11-12-7-9-13(22-5)10-8-12/h7-10,14H,6,11H2,1-5H3. The summed E-state index contributed by atoms with van der Waals surface area (Å²) in [6.07, 6.45) is 0.618. The van der Waals surface area contributed by atoms with Crippen LogP contribution in [0.4, 0.5) is 4.79 Å². The van der Waals surface area contributed by atoms with Gasteiger partial charge in [-0.2, -0.15) is 0 Å². The molecule has 22 heavy (non-hydrogen) atoms. The van der Waals surface area contributed by atoms with Crippen LogP contribution in [0.5, 0.6) is 5.75 Å². The van der Waals surface area contributed by atoms with Gasteiger partial charge in [0.2, 0.25) is 0 Å². The highest BCUT2D eigenvalue weighted by atomic mass is 16.5. The molecular formula is C17H24N2O3. The zero-order valence-corrected chi connectivity index (χ0v) is 13.9. The molecule has 0 saturated carbocycles. The maximum Gasteiger partial charge on any atom is 0.328 e. The molecule has 1 aromatic carbocycles. The van der Waals surface area contributed by atoms with Crippen LogP contribution < -0.4 is 4.74 Å². The van der Waals surface area contributed by atoms with Gasteiger partial charge in [-0.25, -0.2) is 4.79 Å². The van der Waals surface area contributed by atoms with Crippen LogP contribution in [-0.4, -0.2) is 40.4 Å². The van der Waals surface area contributed by atoms with Crippen LogP contribution in [0.25, 0.3) is 0 Å². The van der Waals surface area contributed by atoms with E-state index < -0.39 is 5.54 Å². The van der Waals surface area contributed by atoms with Crippen LogP contribution >= 0.6 is 0 Å². The lowest BCUT2D eigenvalue weighted by Gasteiger charge is -2.29. The van der Waals surface area contributed by atoms with Gasteiger partial charge in [-0.1, -0.05) is 19.1 Å². The second-order valence-electron chi connectivity index (χ2n) is 6.53. The number of hydrogen-bond acceptors (Lipinski definition) is 3. The number of benzene rings is 1. The van der Waals surface area contributed by atoms with E-state index in [1.54, 1.807) is 12.0 Å². The third-order valence-corrected chi connectivity index (χ3v) is 3.89. The predicted octanol–water partition coefficient (Wildman–Crippen LogP) is 3.04. The summed E-state index contributed by atoms with van der Waals surface area (Å²) >= 11 is 0. The lowest BCUT2D eigenvalue weighted by Crippen LogP contribution is -2.46. The highest BCUT2D eigenvalue weighted by molar-refractivity contribution is 6.04. The van der Waals surface area contributed by atoms with E-state index >= 15 is 0 Å². The minimum Gasteiger partial charge on any atom is -0.497 e. The van der Waals surface area contributed by atoms with Crippen LogP contribution in [0, 0.1) is 0 Å². The molecule has 1 aliphatic heterocycles. The Hall–Kier alpha value is -2.04. The molecule has 5 heteroatoms. The summed E-state index contributed by atoms with van der Waals surface area (Å²) in [6, 6.07) is 6.97. The van der Waals surface area contributed by atoms with E-state index in [0.717, 1.165) is 11.3 Å². The van der Waals surface area contributed by atoms with E-state index in [2.05, 4.69) is 0 Å². The Morgan fingerprint density at radius 3 is 2.18 bits per heavy atom. The van der Waals surface area contributed by atoms with E-state index in [9.17, 15) is 9.59 Å². The Balaban J connectivity index is 2.24.